The molecule has 0 atom stereocenters. The number of rotatable bonds is 2. The van der Waals surface area contributed by atoms with Crippen LogP contribution in [0.3, 0.4) is 0 Å². The van der Waals surface area contributed by atoms with Crippen molar-refractivity contribution in [3.05, 3.63) is 35.2 Å². The number of benzene rings is 1. The van der Waals surface area contributed by atoms with E-state index in [0.717, 1.165) is 22.8 Å². The molecule has 0 bridgehead atoms. The zero-order chi connectivity index (χ0) is 13.4. The molecule has 0 radical (unpaired) electrons. The number of hydrogen-bond acceptors (Lipinski definition) is 5. The fourth-order valence-electron chi connectivity index (χ4n) is 1.89. The van der Waals surface area contributed by atoms with Gasteiger partial charge in [0.15, 0.2) is 0 Å². The molecule has 19 heavy (non-hydrogen) atoms. The summed E-state index contributed by atoms with van der Waals surface area (Å²) in [4.78, 5) is 27.3. The van der Waals surface area contributed by atoms with E-state index in [4.69, 9.17) is 0 Å². The van der Waals surface area contributed by atoms with Crippen molar-refractivity contribution in [2.75, 3.05) is 10.6 Å². The van der Waals surface area contributed by atoms with Gasteiger partial charge in [-0.15, -0.1) is 0 Å². The number of hydrogen-bond donors (Lipinski definition) is 2. The van der Waals surface area contributed by atoms with Crippen molar-refractivity contribution in [1.82, 2.24) is 9.36 Å². The smallest absolute Gasteiger partial charge is 0.257 e. The van der Waals surface area contributed by atoms with E-state index in [1.54, 1.807) is 25.1 Å². The topological polar surface area (TPSA) is 84.0 Å². The monoisotopic (exact) mass is 274 g/mol. The Morgan fingerprint density at radius 3 is 3.05 bits per heavy atom. The van der Waals surface area contributed by atoms with E-state index in [-0.39, 0.29) is 11.8 Å². The van der Waals surface area contributed by atoms with Crippen molar-refractivity contribution in [3.63, 3.8) is 0 Å². The molecule has 1 aromatic heterocycles. The van der Waals surface area contributed by atoms with Gasteiger partial charge in [-0.3, -0.25) is 14.9 Å². The van der Waals surface area contributed by atoms with Gasteiger partial charge in [0.25, 0.3) is 5.91 Å². The summed E-state index contributed by atoms with van der Waals surface area (Å²) >= 11 is 1.14. The second-order valence-electron chi connectivity index (χ2n) is 4.20. The second kappa shape index (κ2) is 4.43. The van der Waals surface area contributed by atoms with Gasteiger partial charge < -0.3 is 5.32 Å². The number of nitrogens with one attached hydrogen (secondary N) is 2. The average Bonchev–Trinajstić information content (AvgIpc) is 2.93. The Labute approximate surface area is 113 Å². The normalized spacial score (nSPS) is 13.0. The van der Waals surface area contributed by atoms with Crippen LogP contribution in [0.25, 0.3) is 0 Å². The van der Waals surface area contributed by atoms with Crippen molar-refractivity contribution < 1.29 is 9.59 Å². The molecule has 0 unspecified atom stereocenters. The van der Waals surface area contributed by atoms with Crippen molar-refractivity contribution >= 4 is 34.2 Å². The Morgan fingerprint density at radius 1 is 1.47 bits per heavy atom. The maximum atomic E-state index is 12.0. The Hall–Kier alpha value is -2.28. The van der Waals surface area contributed by atoms with Crippen LogP contribution in [-0.4, -0.2) is 21.2 Å². The van der Waals surface area contributed by atoms with E-state index in [0.29, 0.717) is 22.9 Å². The van der Waals surface area contributed by atoms with Gasteiger partial charge in [0.2, 0.25) is 11.0 Å². The molecule has 2 amide bonds. The maximum Gasteiger partial charge on any atom is 0.257 e. The highest BCUT2D eigenvalue weighted by Crippen LogP contribution is 2.24. The lowest BCUT2D eigenvalue weighted by Crippen LogP contribution is -2.11. The molecule has 96 valence electrons. The SMILES string of the molecule is Cc1nsc(NC(=O)c2ccc3c(c2)CC(=O)N3)n1. The first kappa shape index (κ1) is 11.8. The fourth-order valence-corrected chi connectivity index (χ4v) is 2.46. The molecule has 1 aromatic carbocycles. The van der Waals surface area contributed by atoms with Crippen molar-refractivity contribution in [2.24, 2.45) is 0 Å². The number of carbonyl (C=O) groups is 2. The van der Waals surface area contributed by atoms with E-state index in [1.807, 2.05) is 0 Å². The summed E-state index contributed by atoms with van der Waals surface area (Å²) in [7, 11) is 0. The summed E-state index contributed by atoms with van der Waals surface area (Å²) in [5.41, 5.74) is 2.11. The third-order valence-electron chi connectivity index (χ3n) is 2.74. The van der Waals surface area contributed by atoms with Gasteiger partial charge in [-0.2, -0.15) is 4.37 Å². The number of fused-ring (bicyclic) bond motifs is 1. The quantitative estimate of drug-likeness (QED) is 0.871. The van der Waals surface area contributed by atoms with Crippen LogP contribution in [0.15, 0.2) is 18.2 Å². The first-order valence-corrected chi connectivity index (χ1v) is 6.43. The number of aryl methyl sites for hydroxylation is 1. The van der Waals surface area contributed by atoms with Gasteiger partial charge in [-0.25, -0.2) is 4.98 Å². The zero-order valence-electron chi connectivity index (χ0n) is 10.1. The highest BCUT2D eigenvalue weighted by Gasteiger charge is 2.19. The summed E-state index contributed by atoms with van der Waals surface area (Å²) in [6.07, 6.45) is 0.314. The molecular formula is C12H10N4O2S. The number of anilines is 2. The third kappa shape index (κ3) is 2.32. The molecule has 2 aromatic rings. The first-order valence-electron chi connectivity index (χ1n) is 5.66. The van der Waals surface area contributed by atoms with Crippen LogP contribution >= 0.6 is 11.5 Å². The molecule has 6 nitrogen and oxygen atoms in total. The molecule has 0 aliphatic carbocycles. The Balaban J connectivity index is 1.81. The summed E-state index contributed by atoms with van der Waals surface area (Å²) in [5, 5.41) is 5.88. The predicted molar refractivity (Wildman–Crippen MR) is 71.4 cm³/mol. The standard InChI is InChI=1S/C12H10N4O2S/c1-6-13-12(19-16-6)15-11(18)7-2-3-9-8(4-7)5-10(17)14-9/h2-4H,5H2,1H3,(H,14,17)(H,13,15,16,18). The number of carbonyl (C=O) groups excluding carboxylic acids is 2. The van der Waals surface area contributed by atoms with Crippen LogP contribution in [0.1, 0.15) is 21.7 Å². The molecule has 1 aliphatic rings. The first-order chi connectivity index (χ1) is 9.11. The molecule has 0 fully saturated rings. The summed E-state index contributed by atoms with van der Waals surface area (Å²) in [6, 6.07) is 5.13. The molecule has 0 saturated carbocycles. The van der Waals surface area contributed by atoms with Gasteiger partial charge in [0.05, 0.1) is 6.42 Å². The lowest BCUT2D eigenvalue weighted by atomic mass is 10.1. The third-order valence-corrected chi connectivity index (χ3v) is 3.46. The Kier molecular flexibility index (Phi) is 2.75. The second-order valence-corrected chi connectivity index (χ2v) is 4.95. The lowest BCUT2D eigenvalue weighted by molar-refractivity contribution is -0.115. The van der Waals surface area contributed by atoms with E-state index >= 15 is 0 Å². The van der Waals surface area contributed by atoms with Gasteiger partial charge in [-0.1, -0.05) is 0 Å². The molecule has 0 spiro atoms. The Morgan fingerprint density at radius 2 is 2.32 bits per heavy atom. The van der Waals surface area contributed by atoms with Gasteiger partial charge in [0, 0.05) is 22.8 Å². The van der Waals surface area contributed by atoms with E-state index in [2.05, 4.69) is 20.0 Å². The van der Waals surface area contributed by atoms with Crippen molar-refractivity contribution in [2.45, 2.75) is 13.3 Å². The molecule has 2 N–H and O–H groups in total. The van der Waals surface area contributed by atoms with Crippen molar-refractivity contribution in [1.29, 1.82) is 0 Å². The van der Waals surface area contributed by atoms with E-state index < -0.39 is 0 Å². The maximum absolute atomic E-state index is 12.0. The largest absolute Gasteiger partial charge is 0.326 e. The fraction of sp³-hybridized carbons (Fsp3) is 0.167. The number of nitrogens with zero attached hydrogens (tertiary/aromatic N) is 2. The van der Waals surface area contributed by atoms with Crippen LogP contribution in [0.5, 0.6) is 0 Å². The molecule has 7 heteroatoms. The molecule has 0 saturated heterocycles. The van der Waals surface area contributed by atoms with Crippen LogP contribution in [0.4, 0.5) is 10.8 Å². The van der Waals surface area contributed by atoms with Crippen LogP contribution in [-0.2, 0) is 11.2 Å². The predicted octanol–water partition coefficient (Wildman–Crippen LogP) is 1.59. The van der Waals surface area contributed by atoms with E-state index in [1.165, 1.54) is 0 Å². The average molecular weight is 274 g/mol. The van der Waals surface area contributed by atoms with Crippen LogP contribution < -0.4 is 10.6 Å². The Bertz CT molecular complexity index is 680. The minimum atomic E-state index is -0.252. The van der Waals surface area contributed by atoms with Crippen molar-refractivity contribution in [3.8, 4) is 0 Å². The molecule has 3 rings (SSSR count). The number of amides is 2. The van der Waals surface area contributed by atoms with Gasteiger partial charge >= 0.3 is 0 Å². The summed E-state index contributed by atoms with van der Waals surface area (Å²) in [6.45, 7) is 1.76. The van der Waals surface area contributed by atoms with Gasteiger partial charge in [0.1, 0.15) is 5.82 Å². The molecule has 2 heterocycles. The molecule has 1 aliphatic heterocycles. The minimum Gasteiger partial charge on any atom is -0.326 e. The number of aromatic nitrogens is 2. The zero-order valence-corrected chi connectivity index (χ0v) is 10.9. The van der Waals surface area contributed by atoms with Crippen LogP contribution in [0.2, 0.25) is 0 Å². The highest BCUT2D eigenvalue weighted by molar-refractivity contribution is 7.09. The van der Waals surface area contributed by atoms with Gasteiger partial charge in [-0.05, 0) is 30.7 Å². The van der Waals surface area contributed by atoms with E-state index in [9.17, 15) is 9.59 Å². The summed E-state index contributed by atoms with van der Waals surface area (Å²) in [5.74, 6) is 0.328. The molecular weight excluding hydrogens is 264 g/mol. The highest BCUT2D eigenvalue weighted by atomic mass is 32.1. The minimum absolute atomic E-state index is 0.0488. The van der Waals surface area contributed by atoms with Crippen LogP contribution in [0, 0.1) is 6.92 Å². The summed E-state index contributed by atoms with van der Waals surface area (Å²) < 4.78 is 3.99. The lowest BCUT2D eigenvalue weighted by Gasteiger charge is -2.03.